The van der Waals surface area contributed by atoms with E-state index >= 15 is 0 Å². The molecule has 6 nitrogen and oxygen atoms in total. The van der Waals surface area contributed by atoms with Crippen molar-refractivity contribution in [2.75, 3.05) is 19.7 Å². The maximum atomic E-state index is 12.1. The molecule has 1 amide bonds. The molecule has 116 valence electrons. The number of benzene rings is 1. The van der Waals surface area contributed by atoms with Crippen molar-refractivity contribution in [3.8, 4) is 6.07 Å². The Morgan fingerprint density at radius 2 is 1.86 bits per heavy atom. The van der Waals surface area contributed by atoms with Crippen molar-refractivity contribution in [2.24, 2.45) is 0 Å². The van der Waals surface area contributed by atoms with E-state index in [1.165, 1.54) is 24.3 Å². The van der Waals surface area contributed by atoms with Crippen LogP contribution < -0.4 is 0 Å². The first kappa shape index (κ1) is 16.0. The first-order chi connectivity index (χ1) is 10.5. The number of morpholine rings is 1. The van der Waals surface area contributed by atoms with E-state index in [0.29, 0.717) is 24.2 Å². The predicted molar refractivity (Wildman–Crippen MR) is 78.0 cm³/mol. The van der Waals surface area contributed by atoms with Crippen molar-refractivity contribution < 1.29 is 19.1 Å². The van der Waals surface area contributed by atoms with E-state index in [-0.39, 0.29) is 24.7 Å². The van der Waals surface area contributed by atoms with Crippen LogP contribution in [0, 0.1) is 11.3 Å². The SMILES string of the molecule is C[C@H]1CN(C(=O)COC(=O)c2ccc(C#N)cc2)C[C@H](C)O1. The van der Waals surface area contributed by atoms with Crippen LogP contribution in [0.4, 0.5) is 0 Å². The minimum Gasteiger partial charge on any atom is -0.452 e. The van der Waals surface area contributed by atoms with Crippen molar-refractivity contribution in [1.82, 2.24) is 4.90 Å². The quantitative estimate of drug-likeness (QED) is 0.787. The summed E-state index contributed by atoms with van der Waals surface area (Å²) < 4.78 is 10.6. The van der Waals surface area contributed by atoms with E-state index in [0.717, 1.165) is 0 Å². The molecule has 0 aliphatic carbocycles. The van der Waals surface area contributed by atoms with E-state index in [2.05, 4.69) is 0 Å². The molecule has 0 radical (unpaired) electrons. The van der Waals surface area contributed by atoms with Gasteiger partial charge in [-0.05, 0) is 38.1 Å². The van der Waals surface area contributed by atoms with Crippen LogP contribution in [0.25, 0.3) is 0 Å². The van der Waals surface area contributed by atoms with Crippen LogP contribution in [0.2, 0.25) is 0 Å². The van der Waals surface area contributed by atoms with E-state index in [1.54, 1.807) is 4.90 Å². The van der Waals surface area contributed by atoms with Crippen LogP contribution in [-0.2, 0) is 14.3 Å². The van der Waals surface area contributed by atoms with Crippen molar-refractivity contribution in [3.05, 3.63) is 35.4 Å². The molecule has 0 aromatic heterocycles. The largest absolute Gasteiger partial charge is 0.452 e. The molecule has 1 aliphatic rings. The Labute approximate surface area is 129 Å². The van der Waals surface area contributed by atoms with E-state index in [4.69, 9.17) is 14.7 Å². The highest BCUT2D eigenvalue weighted by Crippen LogP contribution is 2.11. The molecule has 1 saturated heterocycles. The van der Waals surface area contributed by atoms with Crippen LogP contribution in [0.3, 0.4) is 0 Å². The summed E-state index contributed by atoms with van der Waals surface area (Å²) in [6, 6.07) is 8.04. The predicted octanol–water partition coefficient (Wildman–Crippen LogP) is 1.35. The van der Waals surface area contributed by atoms with Gasteiger partial charge < -0.3 is 14.4 Å². The van der Waals surface area contributed by atoms with Gasteiger partial charge in [-0.25, -0.2) is 4.79 Å². The van der Waals surface area contributed by atoms with Gasteiger partial charge in [0, 0.05) is 13.1 Å². The van der Waals surface area contributed by atoms with Crippen LogP contribution in [0.1, 0.15) is 29.8 Å². The molecule has 1 heterocycles. The lowest BCUT2D eigenvalue weighted by molar-refractivity contribution is -0.146. The molecule has 0 N–H and O–H groups in total. The minimum atomic E-state index is -0.577. The average Bonchev–Trinajstić information content (AvgIpc) is 2.51. The molecule has 6 heteroatoms. The molecule has 0 saturated carbocycles. The van der Waals surface area contributed by atoms with E-state index in [9.17, 15) is 9.59 Å². The number of amides is 1. The van der Waals surface area contributed by atoms with Gasteiger partial charge in [0.1, 0.15) is 0 Å². The molecule has 2 rings (SSSR count). The molecule has 0 spiro atoms. The normalized spacial score (nSPS) is 21.0. The maximum Gasteiger partial charge on any atom is 0.338 e. The average molecular weight is 302 g/mol. The van der Waals surface area contributed by atoms with Crippen LogP contribution in [0.5, 0.6) is 0 Å². The molecule has 1 aliphatic heterocycles. The van der Waals surface area contributed by atoms with Gasteiger partial charge >= 0.3 is 5.97 Å². The monoisotopic (exact) mass is 302 g/mol. The Kier molecular flexibility index (Phi) is 5.12. The molecule has 0 unspecified atom stereocenters. The molecular formula is C16H18N2O4. The Morgan fingerprint density at radius 1 is 1.27 bits per heavy atom. The number of hydrogen-bond acceptors (Lipinski definition) is 5. The van der Waals surface area contributed by atoms with Crippen molar-refractivity contribution in [2.45, 2.75) is 26.1 Å². The maximum absolute atomic E-state index is 12.1. The Balaban J connectivity index is 1.87. The highest BCUT2D eigenvalue weighted by atomic mass is 16.5. The van der Waals surface area contributed by atoms with Gasteiger partial charge in [0.25, 0.3) is 5.91 Å². The zero-order valence-corrected chi connectivity index (χ0v) is 12.6. The molecular weight excluding hydrogens is 284 g/mol. The first-order valence-corrected chi connectivity index (χ1v) is 7.10. The van der Waals surface area contributed by atoms with Crippen molar-refractivity contribution in [3.63, 3.8) is 0 Å². The lowest BCUT2D eigenvalue weighted by atomic mass is 10.1. The minimum absolute atomic E-state index is 0.0260. The topological polar surface area (TPSA) is 79.6 Å². The summed E-state index contributed by atoms with van der Waals surface area (Å²) in [6.07, 6.45) is -0.0520. The van der Waals surface area contributed by atoms with Gasteiger partial charge in [-0.2, -0.15) is 5.26 Å². The number of rotatable bonds is 3. The van der Waals surface area contributed by atoms with Gasteiger partial charge in [0.15, 0.2) is 6.61 Å². The van der Waals surface area contributed by atoms with Gasteiger partial charge in [-0.1, -0.05) is 0 Å². The van der Waals surface area contributed by atoms with Crippen LogP contribution in [0.15, 0.2) is 24.3 Å². The fourth-order valence-electron chi connectivity index (χ4n) is 2.36. The smallest absolute Gasteiger partial charge is 0.338 e. The van der Waals surface area contributed by atoms with E-state index in [1.807, 2.05) is 19.9 Å². The Hall–Kier alpha value is -2.39. The summed E-state index contributed by atoms with van der Waals surface area (Å²) >= 11 is 0. The second kappa shape index (κ2) is 7.05. The van der Waals surface area contributed by atoms with Crippen LogP contribution >= 0.6 is 0 Å². The summed E-state index contributed by atoms with van der Waals surface area (Å²) in [5, 5.41) is 8.70. The lowest BCUT2D eigenvalue weighted by Crippen LogP contribution is -2.49. The molecule has 2 atom stereocenters. The Bertz CT molecular complexity index is 581. The van der Waals surface area contributed by atoms with Gasteiger partial charge in [0.05, 0.1) is 29.4 Å². The summed E-state index contributed by atoms with van der Waals surface area (Å²) in [7, 11) is 0. The Morgan fingerprint density at radius 3 is 2.41 bits per heavy atom. The van der Waals surface area contributed by atoms with E-state index < -0.39 is 5.97 Å². The third-order valence-corrected chi connectivity index (χ3v) is 3.35. The van der Waals surface area contributed by atoms with Gasteiger partial charge in [-0.15, -0.1) is 0 Å². The summed E-state index contributed by atoms with van der Waals surface area (Å²) in [4.78, 5) is 25.6. The zero-order chi connectivity index (χ0) is 16.1. The number of esters is 1. The van der Waals surface area contributed by atoms with Crippen molar-refractivity contribution in [1.29, 1.82) is 5.26 Å². The number of hydrogen-bond donors (Lipinski definition) is 0. The molecule has 1 fully saturated rings. The molecule has 1 aromatic rings. The standard InChI is InChI=1S/C16H18N2O4/c1-11-8-18(9-12(2)22-11)15(19)10-21-16(20)14-5-3-13(7-17)4-6-14/h3-6,11-12H,8-10H2,1-2H3/t11-,12-/m0/s1. The second-order valence-electron chi connectivity index (χ2n) is 5.32. The fourth-order valence-corrected chi connectivity index (χ4v) is 2.36. The van der Waals surface area contributed by atoms with Crippen LogP contribution in [-0.4, -0.2) is 48.7 Å². The third-order valence-electron chi connectivity index (χ3n) is 3.35. The molecule has 0 bridgehead atoms. The van der Waals surface area contributed by atoms with Crippen molar-refractivity contribution >= 4 is 11.9 Å². The summed E-state index contributed by atoms with van der Waals surface area (Å²) in [6.45, 7) is 4.50. The summed E-state index contributed by atoms with van der Waals surface area (Å²) in [5.41, 5.74) is 0.777. The number of nitrogens with zero attached hydrogens (tertiary/aromatic N) is 2. The zero-order valence-electron chi connectivity index (χ0n) is 12.6. The first-order valence-electron chi connectivity index (χ1n) is 7.10. The summed E-state index contributed by atoms with van der Waals surface area (Å²) in [5.74, 6) is -0.809. The number of carbonyl (C=O) groups excluding carboxylic acids is 2. The lowest BCUT2D eigenvalue weighted by Gasteiger charge is -2.35. The fraction of sp³-hybridized carbons (Fsp3) is 0.438. The van der Waals surface area contributed by atoms with Gasteiger partial charge in [0.2, 0.25) is 0 Å². The highest BCUT2D eigenvalue weighted by Gasteiger charge is 2.26. The molecule has 1 aromatic carbocycles. The number of ether oxygens (including phenoxy) is 2. The molecule has 22 heavy (non-hydrogen) atoms. The number of carbonyl (C=O) groups is 2. The third kappa shape index (κ3) is 4.06. The second-order valence-corrected chi connectivity index (χ2v) is 5.32. The highest BCUT2D eigenvalue weighted by molar-refractivity contribution is 5.91. The van der Waals surface area contributed by atoms with Gasteiger partial charge in [-0.3, -0.25) is 4.79 Å². The number of nitriles is 1.